The fraction of sp³-hybridized carbons (Fsp3) is 1.00. The summed E-state index contributed by atoms with van der Waals surface area (Å²) in [5.74, 6) is 0. The van der Waals surface area contributed by atoms with Gasteiger partial charge in [-0.1, -0.05) is 0 Å². The number of ether oxygens (including phenoxy) is 3. The molecule has 0 bridgehead atoms. The molecular weight excluding hydrogens is 322 g/mol. The van der Waals surface area contributed by atoms with Crippen LogP contribution in [0.2, 0.25) is 10.6 Å². The van der Waals surface area contributed by atoms with Crippen molar-refractivity contribution in [2.24, 2.45) is 0 Å². The Morgan fingerprint density at radius 1 is 0.933 bits per heavy atom. The zero-order valence-corrected chi connectivity index (χ0v) is 14.1. The van der Waals surface area contributed by atoms with Crippen molar-refractivity contribution >= 4 is 15.2 Å². The quantitative estimate of drug-likeness (QED) is 0.371. The Labute approximate surface area is 118 Å². The van der Waals surface area contributed by atoms with E-state index in [1.54, 1.807) is 14.2 Å². The Morgan fingerprint density at radius 2 is 1.27 bits per heavy atom. The van der Waals surface area contributed by atoms with Crippen LogP contribution in [0.5, 0.6) is 0 Å². The summed E-state index contributed by atoms with van der Waals surface area (Å²) in [6.07, 6.45) is -0.389. The summed E-state index contributed by atoms with van der Waals surface area (Å²) in [7, 11) is 3.18. The van der Waals surface area contributed by atoms with Crippen molar-refractivity contribution in [3.05, 3.63) is 0 Å². The second-order valence-electron chi connectivity index (χ2n) is 2.85. The average Bonchev–Trinajstić information content (AvgIpc) is 2.19. The molecule has 0 radical (unpaired) electrons. The predicted octanol–water partition coefficient (Wildman–Crippen LogP) is -0.441. The molecule has 0 rings (SSSR count). The molecular formula is C10H24AlIO3. The Hall–Kier alpha value is 1.14. The van der Waals surface area contributed by atoms with Crippen molar-refractivity contribution in [2.75, 3.05) is 14.2 Å². The minimum absolute atomic E-state index is 0. The van der Waals surface area contributed by atoms with Crippen LogP contribution in [0.1, 0.15) is 27.7 Å². The van der Waals surface area contributed by atoms with Gasteiger partial charge in [0, 0.05) is 14.2 Å². The molecule has 0 spiro atoms. The molecule has 0 saturated carbocycles. The van der Waals surface area contributed by atoms with Crippen LogP contribution in [-0.2, 0) is 14.2 Å². The van der Waals surface area contributed by atoms with Gasteiger partial charge in [0.05, 0.1) is 0 Å². The first kappa shape index (κ1) is 21.4. The monoisotopic (exact) mass is 346 g/mol. The van der Waals surface area contributed by atoms with E-state index in [0.717, 1.165) is 15.2 Å². The van der Waals surface area contributed by atoms with Gasteiger partial charge in [-0.2, -0.15) is 0 Å². The summed E-state index contributed by atoms with van der Waals surface area (Å²) < 4.78 is 14.7. The Kier molecular flexibility index (Phi) is 25.1. The van der Waals surface area contributed by atoms with E-state index in [9.17, 15) is 0 Å². The van der Waals surface area contributed by atoms with Crippen LogP contribution < -0.4 is 24.0 Å². The van der Waals surface area contributed by atoms with Gasteiger partial charge >= 0.3 is 39.6 Å². The Bertz CT molecular complexity index is 96.7. The number of methoxy groups -OCH3 is 2. The van der Waals surface area contributed by atoms with Crippen molar-refractivity contribution < 1.29 is 38.2 Å². The first-order chi connectivity index (χ1) is 6.62. The van der Waals surface area contributed by atoms with Crippen LogP contribution in [0.3, 0.4) is 0 Å². The fourth-order valence-electron chi connectivity index (χ4n) is 0.670. The van der Waals surface area contributed by atoms with E-state index in [2.05, 4.69) is 13.8 Å². The summed E-state index contributed by atoms with van der Waals surface area (Å²) in [4.78, 5) is 0. The smallest absolute Gasteiger partial charge is 1.00 e. The number of rotatable bonds is 6. The molecule has 92 valence electrons. The van der Waals surface area contributed by atoms with E-state index in [1.807, 2.05) is 13.8 Å². The molecule has 2 atom stereocenters. The van der Waals surface area contributed by atoms with Gasteiger partial charge in [-0.3, -0.25) is 0 Å². The van der Waals surface area contributed by atoms with E-state index < -0.39 is 0 Å². The average molecular weight is 346 g/mol. The van der Waals surface area contributed by atoms with Gasteiger partial charge in [0.25, 0.3) is 0 Å². The minimum Gasteiger partial charge on any atom is -1.00 e. The number of halogens is 1. The zero-order chi connectivity index (χ0) is 11.4. The zero-order valence-electron chi connectivity index (χ0n) is 10.7. The molecule has 0 saturated heterocycles. The Morgan fingerprint density at radius 3 is 1.40 bits per heavy atom. The second-order valence-corrected chi connectivity index (χ2v) is 5.06. The number of hydrogen-bond donors (Lipinski definition) is 0. The molecule has 15 heavy (non-hydrogen) atoms. The van der Waals surface area contributed by atoms with Crippen molar-refractivity contribution in [2.45, 2.75) is 50.8 Å². The maximum atomic E-state index is 5.10. The molecule has 0 aliphatic rings. The van der Waals surface area contributed by atoms with Crippen LogP contribution in [0.15, 0.2) is 0 Å². The van der Waals surface area contributed by atoms with Crippen molar-refractivity contribution in [3.8, 4) is 0 Å². The predicted molar refractivity (Wildman–Crippen MR) is 60.7 cm³/mol. The second kappa shape index (κ2) is 17.5. The first-order valence-corrected chi connectivity index (χ1v) is 6.78. The van der Waals surface area contributed by atoms with Crippen LogP contribution in [-0.4, -0.2) is 42.0 Å². The number of hydrogen-bond acceptors (Lipinski definition) is 3. The van der Waals surface area contributed by atoms with E-state index in [1.165, 1.54) is 10.6 Å². The van der Waals surface area contributed by atoms with E-state index in [-0.39, 0.29) is 36.6 Å². The topological polar surface area (TPSA) is 27.7 Å². The Balaban J connectivity index is -0.000000208. The van der Waals surface area contributed by atoms with Gasteiger partial charge in [-0.05, 0) is 13.8 Å². The normalized spacial score (nSPS) is 12.7. The van der Waals surface area contributed by atoms with Gasteiger partial charge in [-0.15, -0.1) is 0 Å². The van der Waals surface area contributed by atoms with Crippen LogP contribution in [0.4, 0.5) is 0 Å². The molecule has 0 aromatic rings. The van der Waals surface area contributed by atoms with Gasteiger partial charge in [-0.25, -0.2) is 0 Å². The fourth-order valence-corrected chi connectivity index (χ4v) is 1.25. The van der Waals surface area contributed by atoms with Gasteiger partial charge in [0.15, 0.2) is 12.6 Å². The molecule has 3 nitrogen and oxygen atoms in total. The standard InChI is InChI=1S/C6H14O3.2C2H5.Al.HI/c1-5(7-3)9-6(2)8-4;2*1-2;;/h5-6H,1-4H3;2*1H2,2H3;;1H/q;;;+1;/p-1. The summed E-state index contributed by atoms with van der Waals surface area (Å²) >= 11 is 0.815. The first-order valence-electron chi connectivity index (χ1n) is 5.14. The summed E-state index contributed by atoms with van der Waals surface area (Å²) in [5, 5.41) is 2.85. The molecule has 0 N–H and O–H groups in total. The minimum atomic E-state index is -0.194. The molecule has 2 unspecified atom stereocenters. The van der Waals surface area contributed by atoms with Gasteiger partial charge < -0.3 is 38.2 Å². The van der Waals surface area contributed by atoms with Crippen LogP contribution in [0.25, 0.3) is 0 Å². The molecule has 0 aromatic carbocycles. The third-order valence-electron chi connectivity index (χ3n) is 1.62. The van der Waals surface area contributed by atoms with Crippen molar-refractivity contribution in [1.29, 1.82) is 0 Å². The molecule has 0 aliphatic heterocycles. The van der Waals surface area contributed by atoms with Gasteiger partial charge in [0.1, 0.15) is 0 Å². The van der Waals surface area contributed by atoms with E-state index >= 15 is 0 Å². The van der Waals surface area contributed by atoms with E-state index in [0.29, 0.717) is 0 Å². The van der Waals surface area contributed by atoms with Crippen molar-refractivity contribution in [1.82, 2.24) is 0 Å². The largest absolute Gasteiger partial charge is 1.00 e. The maximum Gasteiger partial charge on any atom is -1.00 e. The molecule has 0 heterocycles. The maximum absolute atomic E-state index is 5.10. The molecule has 0 aromatic heterocycles. The summed E-state index contributed by atoms with van der Waals surface area (Å²) in [5.41, 5.74) is 0. The SMILES string of the molecule is COC(C)OC(C)OC.C[CH2][Al+][CH2]C.[I-]. The third kappa shape index (κ3) is 21.1. The molecule has 5 heteroatoms. The van der Waals surface area contributed by atoms with Crippen LogP contribution >= 0.6 is 0 Å². The van der Waals surface area contributed by atoms with Crippen LogP contribution in [0, 0.1) is 0 Å². The summed E-state index contributed by atoms with van der Waals surface area (Å²) in [6, 6.07) is 0. The molecule has 0 aliphatic carbocycles. The summed E-state index contributed by atoms with van der Waals surface area (Å²) in [6.45, 7) is 8.13. The molecule has 0 amide bonds. The van der Waals surface area contributed by atoms with Gasteiger partial charge in [0.2, 0.25) is 0 Å². The molecule has 0 fully saturated rings. The third-order valence-corrected chi connectivity index (χ3v) is 2.78. The van der Waals surface area contributed by atoms with E-state index in [4.69, 9.17) is 14.2 Å². The van der Waals surface area contributed by atoms with Crippen molar-refractivity contribution in [3.63, 3.8) is 0 Å².